The molecule has 0 aliphatic carbocycles. The van der Waals surface area contributed by atoms with Crippen molar-refractivity contribution in [2.45, 2.75) is 19.3 Å². The van der Waals surface area contributed by atoms with Gasteiger partial charge in [-0.1, -0.05) is 18.2 Å². The summed E-state index contributed by atoms with van der Waals surface area (Å²) in [6, 6.07) is 10.3. The molecular weight excluding hydrogens is 269 g/mol. The second-order valence-corrected chi connectivity index (χ2v) is 4.30. The van der Waals surface area contributed by atoms with Gasteiger partial charge < -0.3 is 10.5 Å². The van der Waals surface area contributed by atoms with E-state index in [0.717, 1.165) is 5.69 Å². The van der Waals surface area contributed by atoms with Crippen molar-refractivity contribution in [2.75, 3.05) is 0 Å². The van der Waals surface area contributed by atoms with Crippen LogP contribution in [0.3, 0.4) is 0 Å². The molecule has 0 fully saturated rings. The van der Waals surface area contributed by atoms with Gasteiger partial charge in [0, 0.05) is 5.69 Å². The van der Waals surface area contributed by atoms with Crippen LogP contribution in [0.15, 0.2) is 42.5 Å². The van der Waals surface area contributed by atoms with Gasteiger partial charge in [-0.3, -0.25) is 4.98 Å². The normalized spacial score (nSPS) is 13.1. The molecule has 1 atom stereocenters. The Balaban J connectivity index is 2.26. The average Bonchev–Trinajstić information content (AvgIpc) is 2.36. The number of ether oxygens (including phenoxy) is 1. The van der Waals surface area contributed by atoms with Crippen LogP contribution in [-0.2, 0) is 0 Å². The highest BCUT2D eigenvalue weighted by molar-refractivity contribution is 5.34. The van der Waals surface area contributed by atoms with E-state index >= 15 is 0 Å². The molecule has 1 aromatic carbocycles. The number of hydrogen-bond donors (Lipinski definition) is 1. The van der Waals surface area contributed by atoms with Crippen molar-refractivity contribution in [3.05, 3.63) is 59.4 Å². The largest absolute Gasteiger partial charge is 0.573 e. The monoisotopic (exact) mass is 282 g/mol. The van der Waals surface area contributed by atoms with E-state index in [2.05, 4.69) is 9.72 Å². The van der Waals surface area contributed by atoms with Crippen molar-refractivity contribution in [1.29, 1.82) is 0 Å². The fourth-order valence-corrected chi connectivity index (χ4v) is 1.81. The van der Waals surface area contributed by atoms with Gasteiger partial charge in [-0.15, -0.1) is 13.2 Å². The molecule has 0 spiro atoms. The summed E-state index contributed by atoms with van der Waals surface area (Å²) in [4.78, 5) is 4.27. The first kappa shape index (κ1) is 14.3. The minimum absolute atomic E-state index is 0.293. The van der Waals surface area contributed by atoms with Crippen molar-refractivity contribution in [3.63, 3.8) is 0 Å². The number of hydrogen-bond acceptors (Lipinski definition) is 3. The molecule has 0 radical (unpaired) electrons. The molecule has 1 aromatic heterocycles. The average molecular weight is 282 g/mol. The van der Waals surface area contributed by atoms with Gasteiger partial charge in [-0.05, 0) is 36.8 Å². The Morgan fingerprint density at radius 3 is 2.50 bits per heavy atom. The number of aryl methyl sites for hydroxylation is 1. The van der Waals surface area contributed by atoms with E-state index in [1.807, 2.05) is 13.0 Å². The van der Waals surface area contributed by atoms with Crippen LogP contribution in [0.4, 0.5) is 13.2 Å². The van der Waals surface area contributed by atoms with Gasteiger partial charge >= 0.3 is 6.36 Å². The summed E-state index contributed by atoms with van der Waals surface area (Å²) in [6.07, 6.45) is -4.72. The topological polar surface area (TPSA) is 48.1 Å². The highest BCUT2D eigenvalue weighted by Gasteiger charge is 2.31. The first-order valence-electron chi connectivity index (χ1n) is 5.90. The van der Waals surface area contributed by atoms with Crippen LogP contribution < -0.4 is 10.5 Å². The molecule has 3 nitrogen and oxygen atoms in total. The van der Waals surface area contributed by atoms with Gasteiger partial charge in [0.2, 0.25) is 0 Å². The number of benzene rings is 1. The Morgan fingerprint density at radius 2 is 1.85 bits per heavy atom. The highest BCUT2D eigenvalue weighted by atomic mass is 19.4. The lowest BCUT2D eigenvalue weighted by Crippen LogP contribution is -2.18. The van der Waals surface area contributed by atoms with E-state index in [1.54, 1.807) is 18.2 Å². The zero-order valence-corrected chi connectivity index (χ0v) is 10.7. The molecular formula is C14H13F3N2O. The Bertz CT molecular complexity index is 599. The maximum absolute atomic E-state index is 12.2. The Hall–Kier alpha value is -2.08. The molecule has 0 aliphatic rings. The third-order valence-corrected chi connectivity index (χ3v) is 2.68. The number of halogens is 3. The molecule has 1 unspecified atom stereocenters. The molecule has 6 heteroatoms. The third-order valence-electron chi connectivity index (χ3n) is 2.68. The summed E-state index contributed by atoms with van der Waals surface area (Å²) in [5, 5.41) is 0. The van der Waals surface area contributed by atoms with Crippen LogP contribution in [0.1, 0.15) is 23.0 Å². The molecule has 0 amide bonds. The van der Waals surface area contributed by atoms with Crippen molar-refractivity contribution in [1.82, 2.24) is 4.98 Å². The van der Waals surface area contributed by atoms with E-state index in [4.69, 9.17) is 5.73 Å². The molecule has 2 rings (SSSR count). The van der Waals surface area contributed by atoms with Gasteiger partial charge in [0.15, 0.2) is 0 Å². The molecule has 0 bridgehead atoms. The number of alkyl halides is 3. The van der Waals surface area contributed by atoms with Crippen LogP contribution >= 0.6 is 0 Å². The van der Waals surface area contributed by atoms with Crippen LogP contribution in [0.2, 0.25) is 0 Å². The first-order chi connectivity index (χ1) is 9.35. The lowest BCUT2D eigenvalue weighted by Gasteiger charge is -2.14. The van der Waals surface area contributed by atoms with Crippen molar-refractivity contribution >= 4 is 0 Å². The SMILES string of the molecule is Cc1cccc(C(N)c2cccc(OC(F)(F)F)c2)n1. The van der Waals surface area contributed by atoms with E-state index < -0.39 is 12.4 Å². The van der Waals surface area contributed by atoms with E-state index in [9.17, 15) is 13.2 Å². The zero-order valence-electron chi connectivity index (χ0n) is 10.7. The van der Waals surface area contributed by atoms with E-state index in [1.165, 1.54) is 18.2 Å². The molecule has 1 heterocycles. The van der Waals surface area contributed by atoms with Crippen LogP contribution in [0.5, 0.6) is 5.75 Å². The standard InChI is InChI=1S/C14H13F3N2O/c1-9-4-2-7-12(19-9)13(18)10-5-3-6-11(8-10)20-14(15,16)17/h2-8,13H,18H2,1H3. The van der Waals surface area contributed by atoms with Crippen LogP contribution in [0, 0.1) is 6.92 Å². The van der Waals surface area contributed by atoms with Crippen LogP contribution in [-0.4, -0.2) is 11.3 Å². The van der Waals surface area contributed by atoms with E-state index in [0.29, 0.717) is 11.3 Å². The Labute approximate surface area is 114 Å². The lowest BCUT2D eigenvalue weighted by atomic mass is 10.0. The molecule has 106 valence electrons. The third kappa shape index (κ3) is 3.71. The summed E-state index contributed by atoms with van der Waals surface area (Å²) >= 11 is 0. The zero-order chi connectivity index (χ0) is 14.8. The summed E-state index contributed by atoms with van der Waals surface area (Å²) < 4.78 is 40.4. The molecule has 0 aliphatic heterocycles. The summed E-state index contributed by atoms with van der Waals surface area (Å²) in [5.41, 5.74) is 7.91. The van der Waals surface area contributed by atoms with E-state index in [-0.39, 0.29) is 5.75 Å². The van der Waals surface area contributed by atoms with Gasteiger partial charge in [-0.25, -0.2) is 0 Å². The summed E-state index contributed by atoms with van der Waals surface area (Å²) in [7, 11) is 0. The maximum atomic E-state index is 12.2. The second-order valence-electron chi connectivity index (χ2n) is 4.30. The maximum Gasteiger partial charge on any atom is 0.573 e. The molecule has 2 aromatic rings. The van der Waals surface area contributed by atoms with Crippen molar-refractivity contribution in [2.24, 2.45) is 5.73 Å². The fraction of sp³-hybridized carbons (Fsp3) is 0.214. The fourth-order valence-electron chi connectivity index (χ4n) is 1.81. The quantitative estimate of drug-likeness (QED) is 0.939. The van der Waals surface area contributed by atoms with Gasteiger partial charge in [0.05, 0.1) is 11.7 Å². The van der Waals surface area contributed by atoms with Gasteiger partial charge in [-0.2, -0.15) is 0 Å². The van der Waals surface area contributed by atoms with Crippen LogP contribution in [0.25, 0.3) is 0 Å². The Kier molecular flexibility index (Phi) is 3.94. The molecule has 20 heavy (non-hydrogen) atoms. The molecule has 0 saturated heterocycles. The minimum atomic E-state index is -4.72. The molecule has 0 saturated carbocycles. The van der Waals surface area contributed by atoms with Gasteiger partial charge in [0.1, 0.15) is 5.75 Å². The minimum Gasteiger partial charge on any atom is -0.406 e. The number of pyridine rings is 1. The van der Waals surface area contributed by atoms with Crippen molar-refractivity contribution in [3.8, 4) is 5.75 Å². The number of nitrogens with two attached hydrogens (primary N) is 1. The second kappa shape index (κ2) is 5.50. The summed E-state index contributed by atoms with van der Waals surface area (Å²) in [6.45, 7) is 1.82. The Morgan fingerprint density at radius 1 is 1.15 bits per heavy atom. The molecule has 2 N–H and O–H groups in total. The highest BCUT2D eigenvalue weighted by Crippen LogP contribution is 2.26. The predicted octanol–water partition coefficient (Wildman–Crippen LogP) is 3.34. The van der Waals surface area contributed by atoms with Crippen molar-refractivity contribution < 1.29 is 17.9 Å². The smallest absolute Gasteiger partial charge is 0.406 e. The summed E-state index contributed by atoms with van der Waals surface area (Å²) in [5.74, 6) is -0.293. The number of nitrogens with zero attached hydrogens (tertiary/aromatic N) is 1. The van der Waals surface area contributed by atoms with Gasteiger partial charge in [0.25, 0.3) is 0 Å². The lowest BCUT2D eigenvalue weighted by molar-refractivity contribution is -0.274. The predicted molar refractivity (Wildman–Crippen MR) is 68.1 cm³/mol. The number of aromatic nitrogens is 1. The first-order valence-corrected chi connectivity index (χ1v) is 5.90. The number of rotatable bonds is 3.